The Hall–Kier alpha value is -2.28. The van der Waals surface area contributed by atoms with E-state index in [-0.39, 0.29) is 0 Å². The van der Waals surface area contributed by atoms with E-state index in [4.69, 9.17) is 4.74 Å². The highest BCUT2D eigenvalue weighted by atomic mass is 32.2. The van der Waals surface area contributed by atoms with Gasteiger partial charge in [-0.25, -0.2) is 9.97 Å². The van der Waals surface area contributed by atoms with Crippen LogP contribution in [0.1, 0.15) is 6.92 Å². The molecule has 21 heavy (non-hydrogen) atoms. The van der Waals surface area contributed by atoms with Crippen LogP contribution in [0.25, 0.3) is 11.0 Å². The molecule has 0 aliphatic rings. The number of hydrogen-bond acceptors (Lipinski definition) is 6. The molecule has 2 heterocycles. The quantitative estimate of drug-likeness (QED) is 0.705. The van der Waals surface area contributed by atoms with Crippen molar-refractivity contribution in [3.8, 4) is 5.75 Å². The van der Waals surface area contributed by atoms with E-state index in [1.165, 1.54) is 6.33 Å². The third-order valence-corrected chi connectivity index (χ3v) is 3.63. The summed E-state index contributed by atoms with van der Waals surface area (Å²) >= 11 is 1.56. The molecule has 0 saturated heterocycles. The van der Waals surface area contributed by atoms with Crippen molar-refractivity contribution in [3.05, 3.63) is 30.6 Å². The van der Waals surface area contributed by atoms with Crippen LogP contribution in [0.4, 0.5) is 11.5 Å². The number of fused-ring (bicyclic) bond motifs is 1. The number of nitrogens with one attached hydrogen (secondary N) is 2. The Kier molecular flexibility index (Phi) is 3.92. The molecule has 1 aromatic carbocycles. The number of H-pyrrole nitrogens is 1. The third-order valence-electron chi connectivity index (χ3n) is 2.95. The Morgan fingerprint density at radius 2 is 2.05 bits per heavy atom. The smallest absolute Gasteiger partial charge is 0.161 e. The molecule has 3 rings (SSSR count). The van der Waals surface area contributed by atoms with E-state index >= 15 is 0 Å². The van der Waals surface area contributed by atoms with Crippen LogP contribution in [-0.2, 0) is 0 Å². The number of nitrogens with zero attached hydrogens (tertiary/aromatic N) is 3. The van der Waals surface area contributed by atoms with Crippen molar-refractivity contribution >= 4 is 34.3 Å². The predicted molar refractivity (Wildman–Crippen MR) is 84.4 cm³/mol. The van der Waals surface area contributed by atoms with E-state index in [1.807, 2.05) is 37.4 Å². The van der Waals surface area contributed by atoms with E-state index in [2.05, 4.69) is 25.5 Å². The van der Waals surface area contributed by atoms with Gasteiger partial charge in [0.1, 0.15) is 22.9 Å². The van der Waals surface area contributed by atoms with Gasteiger partial charge >= 0.3 is 0 Å². The summed E-state index contributed by atoms with van der Waals surface area (Å²) in [6.07, 6.45) is 3.49. The first kappa shape index (κ1) is 13.7. The Balaban J connectivity index is 1.92. The summed E-state index contributed by atoms with van der Waals surface area (Å²) in [4.78, 5) is 8.50. The molecule has 108 valence electrons. The monoisotopic (exact) mass is 301 g/mol. The highest BCUT2D eigenvalue weighted by molar-refractivity contribution is 7.98. The van der Waals surface area contributed by atoms with Gasteiger partial charge in [0.05, 0.1) is 12.0 Å². The standard InChI is InChI=1S/C14H15N5OS/c1-3-20-10-6-4-9(5-7-10)17-12-11-13(16-8-15-12)18-19-14(11)21-2/h4-8H,3H2,1-2H3,(H2,15,16,17,18,19). The second-order valence-electron chi connectivity index (χ2n) is 4.26. The van der Waals surface area contributed by atoms with Gasteiger partial charge in [-0.1, -0.05) is 0 Å². The maximum atomic E-state index is 5.43. The SMILES string of the molecule is CCOc1ccc(Nc2ncnc3[nH]nc(SC)c23)cc1. The fourth-order valence-electron chi connectivity index (χ4n) is 2.01. The van der Waals surface area contributed by atoms with Crippen molar-refractivity contribution < 1.29 is 4.74 Å². The molecule has 0 fully saturated rings. The van der Waals surface area contributed by atoms with Gasteiger partial charge < -0.3 is 10.1 Å². The zero-order valence-corrected chi connectivity index (χ0v) is 12.6. The lowest BCUT2D eigenvalue weighted by Gasteiger charge is -2.08. The zero-order chi connectivity index (χ0) is 14.7. The van der Waals surface area contributed by atoms with Crippen LogP contribution in [0.2, 0.25) is 0 Å². The van der Waals surface area contributed by atoms with Crippen molar-refractivity contribution in [1.29, 1.82) is 0 Å². The molecule has 0 spiro atoms. The van der Waals surface area contributed by atoms with E-state index in [0.29, 0.717) is 6.61 Å². The largest absolute Gasteiger partial charge is 0.494 e. The summed E-state index contributed by atoms with van der Waals surface area (Å²) in [6.45, 7) is 2.62. The molecule has 2 N–H and O–H groups in total. The highest BCUT2D eigenvalue weighted by Crippen LogP contribution is 2.29. The summed E-state index contributed by atoms with van der Waals surface area (Å²) in [7, 11) is 0. The number of hydrogen-bond donors (Lipinski definition) is 2. The molecule has 0 aliphatic heterocycles. The average Bonchev–Trinajstić information content (AvgIpc) is 2.94. The molecule has 3 aromatic rings. The minimum absolute atomic E-state index is 0.658. The number of ether oxygens (including phenoxy) is 1. The molecule has 0 saturated carbocycles. The first-order valence-corrected chi connectivity index (χ1v) is 7.77. The number of anilines is 2. The Morgan fingerprint density at radius 1 is 1.24 bits per heavy atom. The van der Waals surface area contributed by atoms with E-state index < -0.39 is 0 Å². The van der Waals surface area contributed by atoms with Gasteiger partial charge in [-0.05, 0) is 37.4 Å². The first-order valence-electron chi connectivity index (χ1n) is 6.54. The summed E-state index contributed by atoms with van der Waals surface area (Å²) < 4.78 is 5.43. The summed E-state index contributed by atoms with van der Waals surface area (Å²) in [5.74, 6) is 1.59. The van der Waals surface area contributed by atoms with Gasteiger partial charge in [-0.15, -0.1) is 11.8 Å². The van der Waals surface area contributed by atoms with Crippen molar-refractivity contribution in [2.45, 2.75) is 11.9 Å². The lowest BCUT2D eigenvalue weighted by atomic mass is 10.3. The number of aromatic amines is 1. The van der Waals surface area contributed by atoms with Gasteiger partial charge in [0.25, 0.3) is 0 Å². The molecule has 7 heteroatoms. The number of rotatable bonds is 5. The van der Waals surface area contributed by atoms with Gasteiger partial charge in [0.2, 0.25) is 0 Å². The van der Waals surface area contributed by atoms with Crippen LogP contribution < -0.4 is 10.1 Å². The van der Waals surface area contributed by atoms with Crippen molar-refractivity contribution in [3.63, 3.8) is 0 Å². The Labute approximate surface area is 126 Å². The molecular weight excluding hydrogens is 286 g/mol. The fourth-order valence-corrected chi connectivity index (χ4v) is 2.55. The topological polar surface area (TPSA) is 75.7 Å². The number of aromatic nitrogens is 4. The van der Waals surface area contributed by atoms with Crippen LogP contribution in [-0.4, -0.2) is 33.0 Å². The lowest BCUT2D eigenvalue weighted by Crippen LogP contribution is -1.96. The zero-order valence-electron chi connectivity index (χ0n) is 11.8. The first-order chi connectivity index (χ1) is 10.3. The molecule has 0 unspecified atom stereocenters. The van der Waals surface area contributed by atoms with Crippen molar-refractivity contribution in [2.75, 3.05) is 18.2 Å². The second kappa shape index (κ2) is 6.01. The fraction of sp³-hybridized carbons (Fsp3) is 0.214. The third kappa shape index (κ3) is 2.78. The minimum atomic E-state index is 0.658. The summed E-state index contributed by atoms with van der Waals surface area (Å²) in [5.41, 5.74) is 1.66. The average molecular weight is 301 g/mol. The normalized spacial score (nSPS) is 10.8. The van der Waals surface area contributed by atoms with Gasteiger partial charge in [0, 0.05) is 5.69 Å². The highest BCUT2D eigenvalue weighted by Gasteiger charge is 2.12. The van der Waals surface area contributed by atoms with Crippen molar-refractivity contribution in [1.82, 2.24) is 20.2 Å². The summed E-state index contributed by atoms with van der Waals surface area (Å²) in [6, 6.07) is 7.76. The van der Waals surface area contributed by atoms with Crippen LogP contribution >= 0.6 is 11.8 Å². The van der Waals surface area contributed by atoms with E-state index in [9.17, 15) is 0 Å². The number of benzene rings is 1. The second-order valence-corrected chi connectivity index (χ2v) is 5.06. The molecule has 0 amide bonds. The van der Waals surface area contributed by atoms with Crippen molar-refractivity contribution in [2.24, 2.45) is 0 Å². The summed E-state index contributed by atoms with van der Waals surface area (Å²) in [5, 5.41) is 12.2. The van der Waals surface area contributed by atoms with Gasteiger partial charge in [-0.2, -0.15) is 5.10 Å². The molecule has 0 atom stereocenters. The van der Waals surface area contributed by atoms with Gasteiger partial charge in [0.15, 0.2) is 5.65 Å². The van der Waals surface area contributed by atoms with Gasteiger partial charge in [-0.3, -0.25) is 5.10 Å². The van der Waals surface area contributed by atoms with E-state index in [0.717, 1.165) is 33.3 Å². The molecule has 0 radical (unpaired) electrons. The maximum absolute atomic E-state index is 5.43. The molecule has 0 bridgehead atoms. The minimum Gasteiger partial charge on any atom is -0.494 e. The van der Waals surface area contributed by atoms with Crippen LogP contribution in [0.3, 0.4) is 0 Å². The molecule has 0 aliphatic carbocycles. The number of thioether (sulfide) groups is 1. The Morgan fingerprint density at radius 3 is 2.76 bits per heavy atom. The predicted octanol–water partition coefficient (Wildman–Crippen LogP) is 3.22. The molecule has 2 aromatic heterocycles. The maximum Gasteiger partial charge on any atom is 0.161 e. The van der Waals surface area contributed by atoms with Crippen LogP contribution in [0, 0.1) is 0 Å². The lowest BCUT2D eigenvalue weighted by molar-refractivity contribution is 0.340. The Bertz CT molecular complexity index is 741. The van der Waals surface area contributed by atoms with E-state index in [1.54, 1.807) is 11.8 Å². The van der Waals surface area contributed by atoms with Crippen LogP contribution in [0.5, 0.6) is 5.75 Å². The molecular formula is C14H15N5OS. The molecule has 6 nitrogen and oxygen atoms in total. The van der Waals surface area contributed by atoms with Crippen LogP contribution in [0.15, 0.2) is 35.6 Å².